The number of nitriles is 2. The summed E-state index contributed by atoms with van der Waals surface area (Å²) in [7, 11) is 1.45. The highest BCUT2D eigenvalue weighted by Crippen LogP contribution is 2.29. The predicted molar refractivity (Wildman–Crippen MR) is 99.4 cm³/mol. The highest BCUT2D eigenvalue weighted by Gasteiger charge is 2.15. The molecule has 2 aromatic carbocycles. The quantitative estimate of drug-likeness (QED) is 0.531. The number of hydrazone groups is 1. The zero-order valence-electron chi connectivity index (χ0n) is 14.2. The van der Waals surface area contributed by atoms with Crippen LogP contribution in [0.15, 0.2) is 58.0 Å². The number of rotatable bonds is 5. The third-order valence-electron chi connectivity index (χ3n) is 3.61. The Morgan fingerprint density at radius 2 is 1.93 bits per heavy atom. The van der Waals surface area contributed by atoms with Gasteiger partial charge < -0.3 is 14.5 Å². The van der Waals surface area contributed by atoms with Gasteiger partial charge in [0.25, 0.3) is 5.91 Å². The van der Waals surface area contributed by atoms with E-state index in [-0.39, 0.29) is 11.5 Å². The van der Waals surface area contributed by atoms with E-state index in [1.54, 1.807) is 42.5 Å². The number of carbonyl (C=O) groups excluding carboxylic acids is 1. The maximum absolute atomic E-state index is 12.5. The summed E-state index contributed by atoms with van der Waals surface area (Å²) in [6.07, 6.45) is 0. The lowest BCUT2D eigenvalue weighted by Gasteiger charge is -2.11. The minimum absolute atomic E-state index is 0.178. The van der Waals surface area contributed by atoms with Crippen LogP contribution in [0.5, 0.6) is 5.75 Å². The summed E-state index contributed by atoms with van der Waals surface area (Å²) in [5.41, 5.74) is 3.81. The van der Waals surface area contributed by atoms with E-state index in [0.29, 0.717) is 22.7 Å². The van der Waals surface area contributed by atoms with Gasteiger partial charge in [0.1, 0.15) is 23.5 Å². The summed E-state index contributed by atoms with van der Waals surface area (Å²) < 4.78 is 10.8. The first-order valence-corrected chi connectivity index (χ1v) is 7.76. The number of furan rings is 1. The second-order valence-electron chi connectivity index (χ2n) is 5.31. The van der Waals surface area contributed by atoms with Crippen LogP contribution in [0, 0.1) is 22.7 Å². The Morgan fingerprint density at radius 3 is 2.63 bits per heavy atom. The Morgan fingerprint density at radius 1 is 1.15 bits per heavy atom. The van der Waals surface area contributed by atoms with E-state index >= 15 is 0 Å². The van der Waals surface area contributed by atoms with Gasteiger partial charge in [-0.1, -0.05) is 18.2 Å². The number of carbonyl (C=O) groups is 1. The minimum atomic E-state index is -0.417. The summed E-state index contributed by atoms with van der Waals surface area (Å²) in [4.78, 5) is 12.5. The number of fused-ring (bicyclic) bond motifs is 1. The van der Waals surface area contributed by atoms with Gasteiger partial charge in [0.05, 0.1) is 18.5 Å². The summed E-state index contributed by atoms with van der Waals surface area (Å²) in [5, 5.41) is 24.6. The van der Waals surface area contributed by atoms with Gasteiger partial charge in [-0.15, -0.1) is 0 Å². The van der Waals surface area contributed by atoms with Gasteiger partial charge in [-0.3, -0.25) is 10.2 Å². The number of nitrogens with one attached hydrogen (secondary N) is 2. The molecular formula is C19H13N5O3. The predicted octanol–water partition coefficient (Wildman–Crippen LogP) is 3.51. The molecule has 0 spiro atoms. The van der Waals surface area contributed by atoms with Crippen LogP contribution < -0.4 is 15.5 Å². The lowest BCUT2D eigenvalue weighted by molar-refractivity contribution is 0.0998. The largest absolute Gasteiger partial charge is 0.494 e. The van der Waals surface area contributed by atoms with Crippen molar-refractivity contribution in [1.29, 1.82) is 10.5 Å². The monoisotopic (exact) mass is 359 g/mol. The van der Waals surface area contributed by atoms with Crippen molar-refractivity contribution in [3.63, 3.8) is 0 Å². The Kier molecular flexibility index (Phi) is 5.01. The first kappa shape index (κ1) is 17.5. The number of hydrogen-bond acceptors (Lipinski definition) is 7. The van der Waals surface area contributed by atoms with Crippen molar-refractivity contribution in [3.8, 4) is 17.9 Å². The SMILES string of the molecule is COc1cc(NN=C(C#N)C#N)ccc1NC(=O)c1cc2ccccc2o1. The van der Waals surface area contributed by atoms with Crippen molar-refractivity contribution in [1.82, 2.24) is 0 Å². The molecule has 132 valence electrons. The molecule has 3 aromatic rings. The van der Waals surface area contributed by atoms with E-state index in [4.69, 9.17) is 19.7 Å². The second-order valence-corrected chi connectivity index (χ2v) is 5.31. The molecule has 0 fully saturated rings. The Labute approximate surface area is 154 Å². The van der Waals surface area contributed by atoms with Crippen molar-refractivity contribution in [2.45, 2.75) is 0 Å². The van der Waals surface area contributed by atoms with Crippen molar-refractivity contribution in [3.05, 3.63) is 54.3 Å². The zero-order chi connectivity index (χ0) is 19.2. The Balaban J connectivity index is 1.80. The minimum Gasteiger partial charge on any atom is -0.494 e. The molecule has 0 saturated carbocycles. The molecule has 0 unspecified atom stereocenters. The molecule has 0 aliphatic carbocycles. The van der Waals surface area contributed by atoms with Gasteiger partial charge in [-0.25, -0.2) is 0 Å². The lowest BCUT2D eigenvalue weighted by atomic mass is 10.2. The Bertz CT molecular complexity index is 1070. The molecule has 1 amide bonds. The van der Waals surface area contributed by atoms with Gasteiger partial charge in [0.15, 0.2) is 5.76 Å². The van der Waals surface area contributed by atoms with Gasteiger partial charge in [-0.2, -0.15) is 15.6 Å². The highest BCUT2D eigenvalue weighted by atomic mass is 16.5. The van der Waals surface area contributed by atoms with Crippen molar-refractivity contribution >= 4 is 34.0 Å². The first-order chi connectivity index (χ1) is 13.1. The number of nitrogens with zero attached hydrogens (tertiary/aromatic N) is 3. The molecule has 2 N–H and O–H groups in total. The maximum atomic E-state index is 12.5. The van der Waals surface area contributed by atoms with Crippen LogP contribution in [0.2, 0.25) is 0 Å². The van der Waals surface area contributed by atoms with Gasteiger partial charge in [-0.05, 0) is 24.3 Å². The van der Waals surface area contributed by atoms with E-state index in [1.807, 2.05) is 18.2 Å². The highest BCUT2D eigenvalue weighted by molar-refractivity contribution is 6.10. The van der Waals surface area contributed by atoms with Crippen LogP contribution in [-0.2, 0) is 0 Å². The van der Waals surface area contributed by atoms with Crippen molar-refractivity contribution in [2.24, 2.45) is 5.10 Å². The number of methoxy groups -OCH3 is 1. The van der Waals surface area contributed by atoms with E-state index in [0.717, 1.165) is 5.39 Å². The zero-order valence-corrected chi connectivity index (χ0v) is 14.2. The van der Waals surface area contributed by atoms with Crippen molar-refractivity contribution < 1.29 is 13.9 Å². The van der Waals surface area contributed by atoms with Gasteiger partial charge in [0.2, 0.25) is 5.71 Å². The molecule has 8 heteroatoms. The van der Waals surface area contributed by atoms with Crippen LogP contribution in [0.3, 0.4) is 0 Å². The molecule has 0 aliphatic heterocycles. The summed E-state index contributed by atoms with van der Waals surface area (Å²) in [6.45, 7) is 0. The van der Waals surface area contributed by atoms with E-state index in [1.165, 1.54) is 7.11 Å². The standard InChI is InChI=1S/C19H13N5O3/c1-26-17-9-13(23-24-14(10-20)11-21)6-7-15(17)22-19(25)18-8-12-4-2-3-5-16(12)27-18/h2-9,23H,1H3,(H,22,25). The molecule has 8 nitrogen and oxygen atoms in total. The average Bonchev–Trinajstić information content (AvgIpc) is 3.14. The van der Waals surface area contributed by atoms with Crippen LogP contribution in [0.1, 0.15) is 10.6 Å². The maximum Gasteiger partial charge on any atom is 0.291 e. The van der Waals surface area contributed by atoms with E-state index in [2.05, 4.69) is 15.8 Å². The summed E-state index contributed by atoms with van der Waals surface area (Å²) in [5.74, 6) is 0.132. The fraction of sp³-hybridized carbons (Fsp3) is 0.0526. The smallest absolute Gasteiger partial charge is 0.291 e. The first-order valence-electron chi connectivity index (χ1n) is 7.76. The molecule has 3 rings (SSSR count). The van der Waals surface area contributed by atoms with Gasteiger partial charge >= 0.3 is 0 Å². The topological polar surface area (TPSA) is 123 Å². The van der Waals surface area contributed by atoms with E-state index < -0.39 is 5.91 Å². The third kappa shape index (κ3) is 3.86. The lowest BCUT2D eigenvalue weighted by Crippen LogP contribution is -2.11. The van der Waals surface area contributed by atoms with Gasteiger partial charge in [0, 0.05) is 11.5 Å². The fourth-order valence-electron chi connectivity index (χ4n) is 2.34. The molecule has 1 heterocycles. The number of para-hydroxylation sites is 1. The summed E-state index contributed by atoms with van der Waals surface area (Å²) in [6, 6.07) is 17.1. The van der Waals surface area contributed by atoms with E-state index in [9.17, 15) is 4.79 Å². The van der Waals surface area contributed by atoms with Crippen LogP contribution in [-0.4, -0.2) is 18.7 Å². The third-order valence-corrected chi connectivity index (χ3v) is 3.61. The number of anilines is 2. The molecule has 1 aromatic heterocycles. The molecule has 0 atom stereocenters. The Hall–Kier alpha value is -4.30. The molecular weight excluding hydrogens is 346 g/mol. The number of hydrogen-bond donors (Lipinski definition) is 2. The second kappa shape index (κ2) is 7.72. The average molecular weight is 359 g/mol. The normalized spacial score (nSPS) is 9.74. The van der Waals surface area contributed by atoms with Crippen LogP contribution >= 0.6 is 0 Å². The summed E-state index contributed by atoms with van der Waals surface area (Å²) >= 11 is 0. The molecule has 27 heavy (non-hydrogen) atoms. The molecule has 0 aliphatic rings. The number of benzene rings is 2. The van der Waals surface area contributed by atoms with Crippen molar-refractivity contribution in [2.75, 3.05) is 17.9 Å². The number of amides is 1. The number of ether oxygens (including phenoxy) is 1. The molecule has 0 saturated heterocycles. The van der Waals surface area contributed by atoms with Crippen LogP contribution in [0.25, 0.3) is 11.0 Å². The molecule has 0 radical (unpaired) electrons. The molecule has 0 bridgehead atoms. The fourth-order valence-corrected chi connectivity index (χ4v) is 2.34. The van der Waals surface area contributed by atoms with Crippen LogP contribution in [0.4, 0.5) is 11.4 Å².